The van der Waals surface area contributed by atoms with Crippen LogP contribution in [0.1, 0.15) is 88.0 Å². The Kier molecular flexibility index (Phi) is 7.80. The Labute approximate surface area is 232 Å². The van der Waals surface area contributed by atoms with E-state index in [0.717, 1.165) is 55.4 Å². The summed E-state index contributed by atoms with van der Waals surface area (Å²) in [5, 5.41) is 11.2. The van der Waals surface area contributed by atoms with Gasteiger partial charge in [0.2, 0.25) is 0 Å². The monoisotopic (exact) mass is 556 g/mol. The Morgan fingerprint density at radius 1 is 0.975 bits per heavy atom. The predicted molar refractivity (Wildman–Crippen MR) is 144 cm³/mol. The molecule has 2 aromatic rings. The van der Waals surface area contributed by atoms with Crippen LogP contribution in [0.15, 0.2) is 29.4 Å². The van der Waals surface area contributed by atoms with E-state index in [1.165, 1.54) is 5.56 Å². The van der Waals surface area contributed by atoms with Gasteiger partial charge in [-0.2, -0.15) is 22.9 Å². The van der Waals surface area contributed by atoms with Gasteiger partial charge in [0, 0.05) is 38.0 Å². The zero-order valence-electron chi connectivity index (χ0n) is 23.2. The molecule has 11 heteroatoms. The Morgan fingerprint density at radius 3 is 2.38 bits per heavy atom. The molecule has 0 N–H and O–H groups in total. The van der Waals surface area contributed by atoms with Crippen molar-refractivity contribution in [1.82, 2.24) is 24.7 Å². The fraction of sp³-hybridized carbons (Fsp3) is 0.586. The van der Waals surface area contributed by atoms with E-state index < -0.39 is 17.6 Å². The number of alkyl halides is 3. The molecule has 1 amide bonds. The zero-order chi connectivity index (χ0) is 28.5. The number of amidine groups is 1. The number of hydrogen-bond acceptors (Lipinski definition) is 6. The maximum atomic E-state index is 13.3. The van der Waals surface area contributed by atoms with E-state index in [9.17, 15) is 18.0 Å². The molecule has 2 saturated heterocycles. The highest BCUT2D eigenvalue weighted by Crippen LogP contribution is 2.32. The SMILES string of the molecule is CC(C)(C)OC(=O)N1CCCCC1C#Cc1ccc(C2CCN(C3=Nn4c(nnc4C(F)(F)F)CC3)CC2)cc1. The number of halogens is 3. The molecule has 1 aromatic heterocycles. The second-order valence-corrected chi connectivity index (χ2v) is 11.6. The van der Waals surface area contributed by atoms with Crippen molar-refractivity contribution in [2.45, 2.75) is 89.5 Å². The number of aryl methyl sites for hydroxylation is 1. The Bertz CT molecular complexity index is 1310. The van der Waals surface area contributed by atoms with Crippen LogP contribution in [0.4, 0.5) is 18.0 Å². The number of aromatic nitrogens is 3. The number of rotatable bonds is 1. The molecule has 1 unspecified atom stereocenters. The van der Waals surface area contributed by atoms with Crippen LogP contribution in [-0.4, -0.2) is 67.9 Å². The van der Waals surface area contributed by atoms with Gasteiger partial charge in [-0.3, -0.25) is 4.90 Å². The molecule has 0 spiro atoms. The molecule has 0 aliphatic carbocycles. The van der Waals surface area contributed by atoms with Crippen LogP contribution in [0.5, 0.6) is 0 Å². The molecule has 1 aromatic carbocycles. The van der Waals surface area contributed by atoms with Crippen molar-refractivity contribution in [1.29, 1.82) is 0 Å². The third-order valence-corrected chi connectivity index (χ3v) is 7.50. The largest absolute Gasteiger partial charge is 0.453 e. The number of ether oxygens (including phenoxy) is 1. The fourth-order valence-corrected chi connectivity index (χ4v) is 5.46. The number of piperidine rings is 2. The quantitative estimate of drug-likeness (QED) is 0.438. The molecule has 4 heterocycles. The lowest BCUT2D eigenvalue weighted by atomic mass is 9.89. The molecular weight excluding hydrogens is 521 g/mol. The molecule has 5 rings (SSSR count). The normalized spacial score (nSPS) is 20.4. The van der Waals surface area contributed by atoms with E-state index in [0.29, 0.717) is 31.1 Å². The number of hydrogen-bond donors (Lipinski definition) is 0. The molecule has 2 fully saturated rings. The molecule has 0 bridgehead atoms. The standard InChI is InChI=1S/C29H35F3N6O2/c1-28(2,3)40-27(39)37-17-5-4-6-23(37)12-9-20-7-10-21(11-8-20)22-15-18-36(19-16-22)25-14-13-24-33-34-26(29(30,31)32)38(24)35-25/h7-8,10-11,22-23H,4-6,13-19H2,1-3H3. The van der Waals surface area contributed by atoms with Crippen molar-refractivity contribution in [3.8, 4) is 11.8 Å². The minimum absolute atomic E-state index is 0.156. The molecule has 3 aliphatic heterocycles. The molecule has 1 atom stereocenters. The van der Waals surface area contributed by atoms with Crippen LogP contribution in [0.2, 0.25) is 0 Å². The van der Waals surface area contributed by atoms with Gasteiger partial charge in [-0.05, 0) is 76.5 Å². The van der Waals surface area contributed by atoms with Gasteiger partial charge in [0.15, 0.2) is 5.82 Å². The number of fused-ring (bicyclic) bond motifs is 1. The summed E-state index contributed by atoms with van der Waals surface area (Å²) >= 11 is 0. The average Bonchev–Trinajstić information content (AvgIpc) is 3.36. The third-order valence-electron chi connectivity index (χ3n) is 7.50. The van der Waals surface area contributed by atoms with Gasteiger partial charge in [-0.25, -0.2) is 4.79 Å². The van der Waals surface area contributed by atoms with Crippen molar-refractivity contribution in [3.63, 3.8) is 0 Å². The van der Waals surface area contributed by atoms with E-state index >= 15 is 0 Å². The smallest absolute Gasteiger partial charge is 0.444 e. The van der Waals surface area contributed by atoms with Crippen LogP contribution in [-0.2, 0) is 17.3 Å². The number of nitrogens with zero attached hydrogens (tertiary/aromatic N) is 6. The first kappa shape index (κ1) is 28.0. The van der Waals surface area contributed by atoms with Gasteiger partial charge in [0.1, 0.15) is 11.4 Å². The summed E-state index contributed by atoms with van der Waals surface area (Å²) in [5.74, 6) is 6.73. The van der Waals surface area contributed by atoms with E-state index in [1.54, 1.807) is 4.90 Å². The lowest BCUT2D eigenvalue weighted by Gasteiger charge is -2.35. The van der Waals surface area contributed by atoms with Crippen LogP contribution < -0.4 is 0 Å². The van der Waals surface area contributed by atoms with Crippen LogP contribution in [0.25, 0.3) is 0 Å². The summed E-state index contributed by atoms with van der Waals surface area (Å²) in [6.07, 6.45) is 0.646. The van der Waals surface area contributed by atoms with Gasteiger partial charge in [0.05, 0.1) is 6.04 Å². The molecule has 0 saturated carbocycles. The second kappa shape index (κ2) is 11.1. The van der Waals surface area contributed by atoms with Gasteiger partial charge >= 0.3 is 12.3 Å². The molecule has 3 aliphatic rings. The predicted octanol–water partition coefficient (Wildman–Crippen LogP) is 5.43. The van der Waals surface area contributed by atoms with Gasteiger partial charge in [0.25, 0.3) is 5.82 Å². The molecule has 0 radical (unpaired) electrons. The summed E-state index contributed by atoms with van der Waals surface area (Å²) in [4.78, 5) is 16.5. The van der Waals surface area contributed by atoms with Crippen LogP contribution >= 0.6 is 0 Å². The number of carbonyl (C=O) groups is 1. The number of benzene rings is 1. The van der Waals surface area contributed by atoms with Crippen molar-refractivity contribution in [2.75, 3.05) is 19.6 Å². The molecule has 214 valence electrons. The first-order chi connectivity index (χ1) is 19.0. The van der Waals surface area contributed by atoms with Crippen molar-refractivity contribution in [2.24, 2.45) is 5.10 Å². The highest BCUT2D eigenvalue weighted by atomic mass is 19.4. The first-order valence-electron chi connectivity index (χ1n) is 13.9. The molecule has 8 nitrogen and oxygen atoms in total. The number of amides is 1. The average molecular weight is 557 g/mol. The van der Waals surface area contributed by atoms with E-state index in [1.807, 2.05) is 32.9 Å². The Balaban J connectivity index is 1.19. The lowest BCUT2D eigenvalue weighted by molar-refractivity contribution is -0.147. The second-order valence-electron chi connectivity index (χ2n) is 11.6. The maximum Gasteiger partial charge on any atom is 0.453 e. The minimum Gasteiger partial charge on any atom is -0.444 e. The topological polar surface area (TPSA) is 75.8 Å². The summed E-state index contributed by atoms with van der Waals surface area (Å²) in [6.45, 7) is 7.71. The number of likely N-dealkylation sites (tertiary alicyclic amines) is 2. The maximum absolute atomic E-state index is 13.3. The Hall–Kier alpha value is -3.55. The minimum atomic E-state index is -4.59. The van der Waals surface area contributed by atoms with Gasteiger partial charge in [-0.15, -0.1) is 10.2 Å². The summed E-state index contributed by atoms with van der Waals surface area (Å²) in [6, 6.07) is 8.10. The van der Waals surface area contributed by atoms with E-state index in [4.69, 9.17) is 4.74 Å². The van der Waals surface area contributed by atoms with Crippen LogP contribution in [0, 0.1) is 11.8 Å². The van der Waals surface area contributed by atoms with Gasteiger partial charge in [-0.1, -0.05) is 24.0 Å². The number of carbonyl (C=O) groups excluding carboxylic acids is 1. The van der Waals surface area contributed by atoms with Gasteiger partial charge < -0.3 is 9.64 Å². The fourth-order valence-electron chi connectivity index (χ4n) is 5.46. The first-order valence-corrected chi connectivity index (χ1v) is 13.9. The molecule has 40 heavy (non-hydrogen) atoms. The van der Waals surface area contributed by atoms with Crippen molar-refractivity contribution < 1.29 is 22.7 Å². The highest BCUT2D eigenvalue weighted by molar-refractivity contribution is 5.83. The molecular formula is C29H35F3N6O2. The Morgan fingerprint density at radius 2 is 1.70 bits per heavy atom. The van der Waals surface area contributed by atoms with Crippen molar-refractivity contribution in [3.05, 3.63) is 47.0 Å². The zero-order valence-corrected chi connectivity index (χ0v) is 23.2. The lowest BCUT2D eigenvalue weighted by Crippen LogP contribution is -2.45. The summed E-state index contributed by atoms with van der Waals surface area (Å²) in [7, 11) is 0. The van der Waals surface area contributed by atoms with E-state index in [2.05, 4.69) is 44.2 Å². The summed E-state index contributed by atoms with van der Waals surface area (Å²) in [5.41, 5.74) is 1.59. The van der Waals surface area contributed by atoms with Crippen LogP contribution in [0.3, 0.4) is 0 Å². The highest BCUT2D eigenvalue weighted by Gasteiger charge is 2.40. The van der Waals surface area contributed by atoms with E-state index in [-0.39, 0.29) is 18.0 Å². The third kappa shape index (κ3) is 6.43. The van der Waals surface area contributed by atoms with Crippen molar-refractivity contribution >= 4 is 11.9 Å². The summed E-state index contributed by atoms with van der Waals surface area (Å²) < 4.78 is 46.2.